The number of ether oxygens (including phenoxy) is 1. The molecule has 1 fully saturated rings. The molecular formula is C16H23NO2. The lowest BCUT2D eigenvalue weighted by Gasteiger charge is -2.37. The highest BCUT2D eigenvalue weighted by Gasteiger charge is 2.32. The molecule has 104 valence electrons. The molecule has 1 saturated heterocycles. The summed E-state index contributed by atoms with van der Waals surface area (Å²) < 4.78 is 5.77. The Morgan fingerprint density at radius 2 is 2.16 bits per heavy atom. The first-order chi connectivity index (χ1) is 9.03. The average molecular weight is 261 g/mol. The number of nitrogens with one attached hydrogen (secondary N) is 1. The predicted octanol–water partition coefficient (Wildman–Crippen LogP) is 2.93. The van der Waals surface area contributed by atoms with Crippen molar-refractivity contribution >= 4 is 0 Å². The zero-order valence-corrected chi connectivity index (χ0v) is 11.8. The summed E-state index contributed by atoms with van der Waals surface area (Å²) in [6.45, 7) is 5.18. The standard InChI is InChI=1S/C16H23NO2/c1-16(2)10-12(7-8-19-16)17-15-6-3-11-9-13(18)4-5-14(11)15/h4-5,9,12,15,17-18H,3,6-8,10H2,1-2H3. The van der Waals surface area contributed by atoms with Crippen molar-refractivity contribution < 1.29 is 9.84 Å². The van der Waals surface area contributed by atoms with Crippen molar-refractivity contribution in [3.63, 3.8) is 0 Å². The smallest absolute Gasteiger partial charge is 0.115 e. The first-order valence-corrected chi connectivity index (χ1v) is 7.25. The Morgan fingerprint density at radius 1 is 1.32 bits per heavy atom. The van der Waals surface area contributed by atoms with E-state index < -0.39 is 0 Å². The predicted molar refractivity (Wildman–Crippen MR) is 75.4 cm³/mol. The van der Waals surface area contributed by atoms with Crippen molar-refractivity contribution in [3.8, 4) is 5.75 Å². The number of rotatable bonds is 2. The highest BCUT2D eigenvalue weighted by atomic mass is 16.5. The fourth-order valence-electron chi connectivity index (χ4n) is 3.44. The van der Waals surface area contributed by atoms with Gasteiger partial charge in [-0.15, -0.1) is 0 Å². The molecule has 0 bridgehead atoms. The summed E-state index contributed by atoms with van der Waals surface area (Å²) in [4.78, 5) is 0. The van der Waals surface area contributed by atoms with Gasteiger partial charge in [0.25, 0.3) is 0 Å². The lowest BCUT2D eigenvalue weighted by atomic mass is 9.93. The summed E-state index contributed by atoms with van der Waals surface area (Å²) in [5.74, 6) is 0.381. The molecule has 2 unspecified atom stereocenters. The van der Waals surface area contributed by atoms with E-state index in [1.54, 1.807) is 6.07 Å². The van der Waals surface area contributed by atoms with E-state index in [1.165, 1.54) is 11.1 Å². The minimum absolute atomic E-state index is 0.00763. The van der Waals surface area contributed by atoms with Gasteiger partial charge in [-0.1, -0.05) is 6.07 Å². The minimum Gasteiger partial charge on any atom is -0.508 e. The van der Waals surface area contributed by atoms with E-state index in [4.69, 9.17) is 4.74 Å². The van der Waals surface area contributed by atoms with Gasteiger partial charge >= 0.3 is 0 Å². The Hall–Kier alpha value is -1.06. The monoisotopic (exact) mass is 261 g/mol. The van der Waals surface area contributed by atoms with Crippen molar-refractivity contribution in [2.75, 3.05) is 6.61 Å². The fourth-order valence-corrected chi connectivity index (χ4v) is 3.44. The number of aromatic hydroxyl groups is 1. The third-order valence-electron chi connectivity index (χ3n) is 4.34. The lowest BCUT2D eigenvalue weighted by Crippen LogP contribution is -2.44. The quantitative estimate of drug-likeness (QED) is 0.860. The second kappa shape index (κ2) is 4.80. The molecule has 19 heavy (non-hydrogen) atoms. The number of phenols is 1. The summed E-state index contributed by atoms with van der Waals surface area (Å²) in [5.41, 5.74) is 2.65. The van der Waals surface area contributed by atoms with Crippen LogP contribution in [0.1, 0.15) is 50.3 Å². The summed E-state index contributed by atoms with van der Waals surface area (Å²) in [7, 11) is 0. The summed E-state index contributed by atoms with van der Waals surface area (Å²) >= 11 is 0. The highest BCUT2D eigenvalue weighted by molar-refractivity contribution is 5.40. The van der Waals surface area contributed by atoms with Gasteiger partial charge in [-0.25, -0.2) is 0 Å². The highest BCUT2D eigenvalue weighted by Crippen LogP contribution is 2.35. The topological polar surface area (TPSA) is 41.5 Å². The van der Waals surface area contributed by atoms with Gasteiger partial charge in [-0.2, -0.15) is 0 Å². The molecule has 2 N–H and O–H groups in total. The van der Waals surface area contributed by atoms with E-state index in [0.717, 1.165) is 32.3 Å². The average Bonchev–Trinajstić information content (AvgIpc) is 2.70. The normalized spacial score (nSPS) is 29.2. The molecule has 2 aliphatic rings. The molecule has 1 aromatic carbocycles. The molecule has 0 spiro atoms. The van der Waals surface area contributed by atoms with Crippen molar-refractivity contribution in [2.24, 2.45) is 0 Å². The van der Waals surface area contributed by atoms with Crippen LogP contribution in [-0.2, 0) is 11.2 Å². The van der Waals surface area contributed by atoms with E-state index in [9.17, 15) is 5.11 Å². The Kier molecular flexibility index (Phi) is 3.27. The SMILES string of the molecule is CC1(C)CC(NC2CCc3cc(O)ccc32)CCO1. The van der Waals surface area contributed by atoms with E-state index in [0.29, 0.717) is 17.8 Å². The maximum absolute atomic E-state index is 9.54. The zero-order chi connectivity index (χ0) is 13.5. The molecule has 1 aromatic rings. The van der Waals surface area contributed by atoms with Crippen LogP contribution in [0.2, 0.25) is 0 Å². The molecule has 0 amide bonds. The Labute approximate surface area is 115 Å². The van der Waals surface area contributed by atoms with Crippen LogP contribution in [0.25, 0.3) is 0 Å². The van der Waals surface area contributed by atoms with Gasteiger partial charge in [0.2, 0.25) is 0 Å². The molecule has 3 rings (SSSR count). The van der Waals surface area contributed by atoms with Crippen molar-refractivity contribution in [2.45, 2.75) is 57.2 Å². The first kappa shape index (κ1) is 12.9. The largest absolute Gasteiger partial charge is 0.508 e. The maximum atomic E-state index is 9.54. The van der Waals surface area contributed by atoms with Crippen LogP contribution in [-0.4, -0.2) is 23.4 Å². The van der Waals surface area contributed by atoms with E-state index in [-0.39, 0.29) is 5.60 Å². The van der Waals surface area contributed by atoms with Crippen LogP contribution >= 0.6 is 0 Å². The summed E-state index contributed by atoms with van der Waals surface area (Å²) in [5, 5.41) is 13.3. The van der Waals surface area contributed by atoms with Gasteiger partial charge in [-0.05, 0) is 62.8 Å². The van der Waals surface area contributed by atoms with Gasteiger partial charge < -0.3 is 15.2 Å². The number of aryl methyl sites for hydroxylation is 1. The van der Waals surface area contributed by atoms with Crippen molar-refractivity contribution in [1.82, 2.24) is 5.32 Å². The molecule has 0 radical (unpaired) electrons. The molecule has 0 saturated carbocycles. The van der Waals surface area contributed by atoms with Gasteiger partial charge in [0, 0.05) is 18.7 Å². The maximum Gasteiger partial charge on any atom is 0.115 e. The van der Waals surface area contributed by atoms with E-state index in [1.807, 2.05) is 6.07 Å². The number of phenolic OH excluding ortho intramolecular Hbond substituents is 1. The lowest BCUT2D eigenvalue weighted by molar-refractivity contribution is -0.0642. The third-order valence-corrected chi connectivity index (χ3v) is 4.34. The fraction of sp³-hybridized carbons (Fsp3) is 0.625. The van der Waals surface area contributed by atoms with Gasteiger partial charge in [0.05, 0.1) is 5.60 Å². The second-order valence-corrected chi connectivity index (χ2v) is 6.44. The van der Waals surface area contributed by atoms with Gasteiger partial charge in [-0.3, -0.25) is 0 Å². The zero-order valence-electron chi connectivity index (χ0n) is 11.8. The van der Waals surface area contributed by atoms with Crippen LogP contribution in [0.4, 0.5) is 0 Å². The molecule has 3 nitrogen and oxygen atoms in total. The third kappa shape index (κ3) is 2.77. The molecule has 2 atom stereocenters. The molecule has 1 aliphatic carbocycles. The van der Waals surface area contributed by atoms with Crippen LogP contribution in [0, 0.1) is 0 Å². The minimum atomic E-state index is -0.00763. The van der Waals surface area contributed by atoms with Crippen molar-refractivity contribution in [1.29, 1.82) is 0 Å². The van der Waals surface area contributed by atoms with Gasteiger partial charge in [0.1, 0.15) is 5.75 Å². The Balaban J connectivity index is 1.69. The second-order valence-electron chi connectivity index (χ2n) is 6.44. The Bertz CT molecular complexity index is 470. The number of hydrogen-bond donors (Lipinski definition) is 2. The summed E-state index contributed by atoms with van der Waals surface area (Å²) in [6, 6.07) is 6.75. The number of hydrogen-bond acceptors (Lipinski definition) is 3. The molecule has 3 heteroatoms. The van der Waals surface area contributed by atoms with Crippen LogP contribution < -0.4 is 5.32 Å². The van der Waals surface area contributed by atoms with E-state index in [2.05, 4.69) is 25.2 Å². The van der Waals surface area contributed by atoms with Crippen molar-refractivity contribution in [3.05, 3.63) is 29.3 Å². The first-order valence-electron chi connectivity index (χ1n) is 7.25. The number of benzene rings is 1. The molecule has 0 aromatic heterocycles. The Morgan fingerprint density at radius 3 is 2.95 bits per heavy atom. The van der Waals surface area contributed by atoms with Crippen LogP contribution in [0.3, 0.4) is 0 Å². The number of fused-ring (bicyclic) bond motifs is 1. The summed E-state index contributed by atoms with van der Waals surface area (Å²) in [6.07, 6.45) is 4.36. The van der Waals surface area contributed by atoms with Crippen LogP contribution in [0.15, 0.2) is 18.2 Å². The van der Waals surface area contributed by atoms with Gasteiger partial charge in [0.15, 0.2) is 0 Å². The molecule has 1 heterocycles. The molecule has 1 aliphatic heterocycles. The van der Waals surface area contributed by atoms with Crippen LogP contribution in [0.5, 0.6) is 5.75 Å². The molecular weight excluding hydrogens is 238 g/mol. The van der Waals surface area contributed by atoms with E-state index >= 15 is 0 Å².